The molecule has 3 aromatic rings. The number of pyridine rings is 1. The molecule has 0 radical (unpaired) electrons. The Morgan fingerprint density at radius 2 is 1.74 bits per heavy atom. The van der Waals surface area contributed by atoms with Crippen LogP contribution in [0.2, 0.25) is 0 Å². The van der Waals surface area contributed by atoms with Crippen LogP contribution in [0.15, 0.2) is 88.3 Å². The SMILES string of the molecule is C/C=C/c1cc(N=C2CC(CC)=C(/C=C/c3cccc(C(F)(F)F)c3)NC(N3CCN(c4ccncc4)CC3)=N2)n[nH]1. The van der Waals surface area contributed by atoms with Crippen LogP contribution in [0.25, 0.3) is 12.2 Å². The van der Waals surface area contributed by atoms with E-state index in [1.807, 2.05) is 50.3 Å². The lowest BCUT2D eigenvalue weighted by molar-refractivity contribution is -0.137. The van der Waals surface area contributed by atoms with Crippen molar-refractivity contribution >= 4 is 35.5 Å². The average Bonchev–Trinajstić information content (AvgIpc) is 3.36. The van der Waals surface area contributed by atoms with Crippen molar-refractivity contribution in [1.29, 1.82) is 0 Å². The molecule has 0 amide bonds. The third-order valence-corrected chi connectivity index (χ3v) is 7.10. The molecule has 1 saturated heterocycles. The number of halogens is 3. The van der Waals surface area contributed by atoms with Crippen LogP contribution in [0.5, 0.6) is 0 Å². The van der Waals surface area contributed by atoms with Gasteiger partial charge in [-0.15, -0.1) is 0 Å². The number of aromatic amines is 1. The van der Waals surface area contributed by atoms with E-state index in [1.165, 1.54) is 6.07 Å². The Labute approximate surface area is 243 Å². The number of aliphatic imine (C=N–C) groups is 2. The summed E-state index contributed by atoms with van der Waals surface area (Å²) in [6, 6.07) is 11.2. The first kappa shape index (κ1) is 28.8. The lowest BCUT2D eigenvalue weighted by atomic mass is 10.0. The van der Waals surface area contributed by atoms with Crippen molar-refractivity contribution in [2.75, 3.05) is 31.1 Å². The third-order valence-electron chi connectivity index (χ3n) is 7.10. The number of nitrogens with one attached hydrogen (secondary N) is 2. The highest BCUT2D eigenvalue weighted by atomic mass is 19.4. The van der Waals surface area contributed by atoms with Gasteiger partial charge in [0.25, 0.3) is 0 Å². The fourth-order valence-electron chi connectivity index (χ4n) is 4.88. The van der Waals surface area contributed by atoms with Crippen LogP contribution in [0.3, 0.4) is 0 Å². The van der Waals surface area contributed by atoms with Crippen molar-refractivity contribution in [3.05, 3.63) is 95.1 Å². The highest BCUT2D eigenvalue weighted by Gasteiger charge is 2.30. The number of hydrogen-bond acceptors (Lipinski definition) is 6. The lowest BCUT2D eigenvalue weighted by Gasteiger charge is -2.37. The quantitative estimate of drug-likeness (QED) is 0.354. The first-order chi connectivity index (χ1) is 20.3. The number of H-pyrrole nitrogens is 1. The number of hydrogen-bond donors (Lipinski definition) is 2. The molecule has 42 heavy (non-hydrogen) atoms. The van der Waals surface area contributed by atoms with Crippen molar-refractivity contribution in [3.63, 3.8) is 0 Å². The van der Waals surface area contributed by atoms with Gasteiger partial charge in [-0.2, -0.15) is 23.3 Å². The largest absolute Gasteiger partial charge is 0.416 e. The molecule has 0 atom stereocenters. The van der Waals surface area contributed by atoms with Crippen molar-refractivity contribution in [1.82, 2.24) is 25.4 Å². The maximum Gasteiger partial charge on any atom is 0.416 e. The van der Waals surface area contributed by atoms with E-state index in [9.17, 15) is 13.2 Å². The molecule has 1 fully saturated rings. The molecule has 2 N–H and O–H groups in total. The average molecular weight is 575 g/mol. The molecule has 5 rings (SSSR count). The minimum Gasteiger partial charge on any atom is -0.368 e. The number of rotatable bonds is 6. The minimum absolute atomic E-state index is 0.463. The molecule has 0 spiro atoms. The predicted molar refractivity (Wildman–Crippen MR) is 161 cm³/mol. The molecule has 11 heteroatoms. The van der Waals surface area contributed by atoms with Gasteiger partial charge in [-0.1, -0.05) is 31.2 Å². The van der Waals surface area contributed by atoms with Gasteiger partial charge in [-0.05, 0) is 60.9 Å². The van der Waals surface area contributed by atoms with Crippen LogP contribution in [0.1, 0.15) is 43.5 Å². The van der Waals surface area contributed by atoms with E-state index in [-0.39, 0.29) is 0 Å². The second-order valence-corrected chi connectivity index (χ2v) is 9.95. The van der Waals surface area contributed by atoms with E-state index in [2.05, 4.69) is 30.3 Å². The number of alkyl halides is 3. The first-order valence-corrected chi connectivity index (χ1v) is 13.9. The highest BCUT2D eigenvalue weighted by Crippen LogP contribution is 2.30. The lowest BCUT2D eigenvalue weighted by Crippen LogP contribution is -2.52. The van der Waals surface area contributed by atoms with E-state index < -0.39 is 11.7 Å². The molecule has 8 nitrogen and oxygen atoms in total. The normalized spacial score (nSPS) is 17.7. The molecule has 2 aromatic heterocycles. The van der Waals surface area contributed by atoms with Crippen molar-refractivity contribution in [2.24, 2.45) is 9.98 Å². The van der Waals surface area contributed by atoms with Crippen LogP contribution >= 0.6 is 0 Å². The predicted octanol–water partition coefficient (Wildman–Crippen LogP) is 6.44. The fraction of sp³-hybridized carbons (Fsp3) is 0.290. The number of allylic oxidation sites excluding steroid dienone is 2. The summed E-state index contributed by atoms with van der Waals surface area (Å²) in [5.74, 6) is 1.79. The van der Waals surface area contributed by atoms with Gasteiger partial charge in [0.1, 0.15) is 5.84 Å². The summed E-state index contributed by atoms with van der Waals surface area (Å²) in [6.45, 7) is 7.01. The van der Waals surface area contributed by atoms with Gasteiger partial charge in [0.2, 0.25) is 5.96 Å². The Bertz CT molecular complexity index is 1520. The van der Waals surface area contributed by atoms with Crippen LogP contribution in [-0.2, 0) is 6.18 Å². The second kappa shape index (κ2) is 12.9. The monoisotopic (exact) mass is 574 g/mol. The zero-order chi connectivity index (χ0) is 29.5. The zero-order valence-electron chi connectivity index (χ0n) is 23.6. The second-order valence-electron chi connectivity index (χ2n) is 9.95. The topological polar surface area (TPSA) is 84.8 Å². The molecule has 0 aliphatic carbocycles. The third kappa shape index (κ3) is 7.15. The number of anilines is 1. The molecule has 2 aliphatic rings. The number of guanidine groups is 1. The van der Waals surface area contributed by atoms with Crippen LogP contribution < -0.4 is 10.2 Å². The first-order valence-electron chi connectivity index (χ1n) is 13.9. The number of amidine groups is 1. The Morgan fingerprint density at radius 3 is 2.45 bits per heavy atom. The standard InChI is InChI=1S/C31H33F3N8/c1-3-6-25-21-29(40-39-25)37-28-20-23(4-2)27(10-9-22-7-5-8-24(19-22)31(32,33)34)36-30(38-28)42-17-15-41(16-18-42)26-11-13-35-14-12-26/h3,5-14,19,21H,4,15-18,20H2,1-2H3,(H2,36,37,38,39,40)/b6-3+,10-9+. The van der Waals surface area contributed by atoms with Crippen molar-refractivity contribution in [3.8, 4) is 0 Å². The van der Waals surface area contributed by atoms with E-state index >= 15 is 0 Å². The number of nitrogens with zero attached hydrogens (tertiary/aromatic N) is 6. The van der Waals surface area contributed by atoms with Crippen LogP contribution in [-0.4, -0.2) is 58.1 Å². The van der Waals surface area contributed by atoms with Gasteiger partial charge in [0, 0.05) is 62.4 Å². The van der Waals surface area contributed by atoms with Gasteiger partial charge in [-0.3, -0.25) is 10.1 Å². The summed E-state index contributed by atoms with van der Waals surface area (Å²) < 4.78 is 39.9. The Hall–Kier alpha value is -4.67. The van der Waals surface area contributed by atoms with E-state index in [0.29, 0.717) is 36.0 Å². The molecule has 0 saturated carbocycles. The van der Waals surface area contributed by atoms with E-state index in [1.54, 1.807) is 24.5 Å². The van der Waals surface area contributed by atoms with Gasteiger partial charge in [0.05, 0.1) is 11.3 Å². The summed E-state index contributed by atoms with van der Waals surface area (Å²) in [5.41, 5.74) is 3.59. The van der Waals surface area contributed by atoms with Gasteiger partial charge in [0.15, 0.2) is 5.82 Å². The maximum atomic E-state index is 13.3. The molecule has 0 unspecified atom stereocenters. The van der Waals surface area contributed by atoms with Crippen molar-refractivity contribution in [2.45, 2.75) is 32.9 Å². The molecule has 218 valence electrons. The Kier molecular flexibility index (Phi) is 8.85. The maximum absolute atomic E-state index is 13.3. The van der Waals surface area contributed by atoms with E-state index in [0.717, 1.165) is 61.0 Å². The number of benzene rings is 1. The number of piperazine rings is 1. The van der Waals surface area contributed by atoms with Crippen LogP contribution in [0.4, 0.5) is 24.7 Å². The summed E-state index contributed by atoms with van der Waals surface area (Å²) in [5, 5.41) is 10.8. The summed E-state index contributed by atoms with van der Waals surface area (Å²) in [7, 11) is 0. The zero-order valence-corrected chi connectivity index (χ0v) is 23.6. The van der Waals surface area contributed by atoms with E-state index in [4.69, 9.17) is 9.98 Å². The smallest absolute Gasteiger partial charge is 0.368 e. The van der Waals surface area contributed by atoms with Gasteiger partial charge in [-0.25, -0.2) is 4.99 Å². The molecule has 4 heterocycles. The molecule has 1 aromatic carbocycles. The Balaban J connectivity index is 1.45. The Morgan fingerprint density at radius 1 is 0.976 bits per heavy atom. The highest BCUT2D eigenvalue weighted by molar-refractivity contribution is 6.00. The minimum atomic E-state index is -4.40. The van der Waals surface area contributed by atoms with Gasteiger partial charge < -0.3 is 15.1 Å². The summed E-state index contributed by atoms with van der Waals surface area (Å²) >= 11 is 0. The summed E-state index contributed by atoms with van der Waals surface area (Å²) in [4.78, 5) is 18.3. The molecule has 0 bridgehead atoms. The molecular weight excluding hydrogens is 541 g/mol. The van der Waals surface area contributed by atoms with Gasteiger partial charge >= 0.3 is 6.18 Å². The van der Waals surface area contributed by atoms with Crippen LogP contribution in [0, 0.1) is 0 Å². The van der Waals surface area contributed by atoms with Crippen molar-refractivity contribution < 1.29 is 13.2 Å². The molecule has 2 aliphatic heterocycles. The molecular formula is C31H33F3N8. The number of aromatic nitrogens is 3. The summed E-state index contributed by atoms with van der Waals surface area (Å²) in [6.07, 6.45) is 7.72. The fourth-order valence-corrected chi connectivity index (χ4v) is 4.88.